The Morgan fingerprint density at radius 2 is 1.69 bits per heavy atom. The normalized spacial score (nSPS) is 12.9. The summed E-state index contributed by atoms with van der Waals surface area (Å²) in [5.74, 6) is -6.37. The highest BCUT2D eigenvalue weighted by atomic mass is 35.5. The first-order chi connectivity index (χ1) is 16.0. The third-order valence-electron chi connectivity index (χ3n) is 4.70. The molecule has 0 fully saturated rings. The number of benzene rings is 1. The molecule has 0 saturated carbocycles. The number of ether oxygens (including phenoxy) is 1. The number of nitrogens with one attached hydrogen (secondary N) is 1. The smallest absolute Gasteiger partial charge is 0.431 e. The molecule has 1 amide bonds. The zero-order valence-corrected chi connectivity index (χ0v) is 18.4. The predicted molar refractivity (Wildman–Crippen MR) is 107 cm³/mol. The van der Waals surface area contributed by atoms with Gasteiger partial charge in [0.15, 0.2) is 0 Å². The molecule has 1 aromatic carbocycles. The Labute approximate surface area is 195 Å². The summed E-state index contributed by atoms with van der Waals surface area (Å²) >= 11 is 5.79. The van der Waals surface area contributed by atoms with Gasteiger partial charge in [-0.1, -0.05) is 11.6 Å². The first-order valence-electron chi connectivity index (χ1n) is 9.30. The number of halogens is 8. The van der Waals surface area contributed by atoms with E-state index in [1.54, 1.807) is 0 Å². The van der Waals surface area contributed by atoms with E-state index in [1.165, 1.54) is 0 Å². The van der Waals surface area contributed by atoms with E-state index in [0.29, 0.717) is 19.2 Å². The van der Waals surface area contributed by atoms with Crippen LogP contribution in [0.15, 0.2) is 27.8 Å². The molecule has 2 rings (SSSR count). The summed E-state index contributed by atoms with van der Waals surface area (Å²) in [6.07, 6.45) is -12.5. The van der Waals surface area contributed by atoms with Gasteiger partial charge in [-0.25, -0.2) is 13.8 Å². The third-order valence-corrected chi connectivity index (χ3v) is 5.01. The molecule has 8 nitrogen and oxygen atoms in total. The molecule has 0 aliphatic heterocycles. The maximum absolute atomic E-state index is 14.5. The van der Waals surface area contributed by atoms with E-state index < -0.39 is 82.1 Å². The molecule has 1 heterocycles. The fourth-order valence-corrected chi connectivity index (χ4v) is 3.13. The van der Waals surface area contributed by atoms with Crippen molar-refractivity contribution in [3.63, 3.8) is 0 Å². The number of methoxy groups -OCH3 is 1. The van der Waals surface area contributed by atoms with Crippen molar-refractivity contribution in [2.45, 2.75) is 25.2 Å². The number of hydrogen-bond acceptors (Lipinski definition) is 5. The van der Waals surface area contributed by atoms with Crippen LogP contribution in [0.4, 0.5) is 36.4 Å². The van der Waals surface area contributed by atoms with Crippen LogP contribution in [0.2, 0.25) is 5.02 Å². The lowest BCUT2D eigenvalue weighted by atomic mass is 10.0. The summed E-state index contributed by atoms with van der Waals surface area (Å²) in [4.78, 5) is 48.0. The van der Waals surface area contributed by atoms with Gasteiger partial charge in [0, 0.05) is 19.5 Å². The van der Waals surface area contributed by atoms with Crippen molar-refractivity contribution in [2.24, 2.45) is 13.0 Å². The molecule has 1 unspecified atom stereocenters. The summed E-state index contributed by atoms with van der Waals surface area (Å²) < 4.78 is 97.2. The van der Waals surface area contributed by atoms with Crippen molar-refractivity contribution in [3.05, 3.63) is 55.6 Å². The van der Waals surface area contributed by atoms with Gasteiger partial charge in [-0.05, 0) is 12.1 Å². The van der Waals surface area contributed by atoms with E-state index in [9.17, 15) is 49.9 Å². The van der Waals surface area contributed by atoms with Crippen molar-refractivity contribution in [1.82, 2.24) is 9.13 Å². The van der Waals surface area contributed by atoms with Gasteiger partial charge in [0.25, 0.3) is 5.56 Å². The molecule has 0 aliphatic carbocycles. The summed E-state index contributed by atoms with van der Waals surface area (Å²) in [5.41, 5.74) is -6.27. The minimum absolute atomic E-state index is 0.0202. The van der Waals surface area contributed by atoms with Crippen LogP contribution in [0.3, 0.4) is 0 Å². The Balaban J connectivity index is 2.48. The number of esters is 1. The van der Waals surface area contributed by atoms with E-state index >= 15 is 0 Å². The van der Waals surface area contributed by atoms with Crippen LogP contribution < -0.4 is 16.6 Å². The molecular weight excluding hydrogens is 519 g/mol. The summed E-state index contributed by atoms with van der Waals surface area (Å²) in [5, 5.41) is 1.37. The van der Waals surface area contributed by atoms with E-state index in [4.69, 9.17) is 11.6 Å². The second-order valence-corrected chi connectivity index (χ2v) is 7.50. The molecule has 0 bridgehead atoms. The zero-order valence-electron chi connectivity index (χ0n) is 17.7. The molecule has 1 N–H and O–H groups in total. The molecule has 0 saturated heterocycles. The lowest BCUT2D eigenvalue weighted by molar-refractivity contribution is -0.186. The Bertz CT molecular complexity index is 1270. The van der Waals surface area contributed by atoms with E-state index in [1.807, 2.05) is 5.32 Å². The molecule has 35 heavy (non-hydrogen) atoms. The first kappa shape index (κ1) is 27.9. The number of hydrogen-bond donors (Lipinski definition) is 1. The number of aromatic nitrogens is 2. The van der Waals surface area contributed by atoms with Crippen molar-refractivity contribution < 1.29 is 45.1 Å². The highest BCUT2D eigenvalue weighted by Gasteiger charge is 2.42. The van der Waals surface area contributed by atoms with Crippen molar-refractivity contribution in [3.8, 4) is 5.69 Å². The van der Waals surface area contributed by atoms with Crippen LogP contribution in [-0.2, 0) is 27.5 Å². The highest BCUT2D eigenvalue weighted by molar-refractivity contribution is 6.33. The number of amides is 1. The number of carbonyl (C=O) groups excluding carboxylic acids is 2. The molecule has 2 aromatic rings. The summed E-state index contributed by atoms with van der Waals surface area (Å²) in [6.45, 7) is 0. The Hall–Kier alpha value is -3.36. The van der Waals surface area contributed by atoms with Gasteiger partial charge >= 0.3 is 24.0 Å². The molecular formula is C19H15ClF7N3O5. The monoisotopic (exact) mass is 533 g/mol. The third kappa shape index (κ3) is 6.41. The van der Waals surface area contributed by atoms with Crippen molar-refractivity contribution in [2.75, 3.05) is 12.4 Å². The summed E-state index contributed by atoms with van der Waals surface area (Å²) in [6, 6.07) is 1.12. The first-order valence-corrected chi connectivity index (χ1v) is 9.68. The van der Waals surface area contributed by atoms with Crippen molar-refractivity contribution in [1.29, 1.82) is 0 Å². The maximum Gasteiger partial charge on any atom is 0.431 e. The lowest BCUT2D eigenvalue weighted by Crippen LogP contribution is -2.41. The van der Waals surface area contributed by atoms with Crippen LogP contribution in [0.5, 0.6) is 0 Å². The standard InChI is InChI=1S/C19H15ClF7N3O5/c1-29-13(19(25,26)27)7-15(32)30(17(29)34)12-6-11(9(20)5-10(12)21)28-14(31)3-8(18(22,23)24)4-16(33)35-2/h5-8H,3-4H2,1-2H3,(H,28,31). The number of alkyl halides is 6. The van der Waals surface area contributed by atoms with Gasteiger partial charge in [0.05, 0.1) is 35.8 Å². The fraction of sp³-hybridized carbons (Fsp3) is 0.368. The molecule has 192 valence electrons. The zero-order chi connectivity index (χ0) is 26.9. The van der Waals surface area contributed by atoms with E-state index in [-0.39, 0.29) is 15.2 Å². The topological polar surface area (TPSA) is 99.4 Å². The summed E-state index contributed by atoms with van der Waals surface area (Å²) in [7, 11) is 1.53. The second kappa shape index (κ2) is 10.1. The van der Waals surface area contributed by atoms with Crippen LogP contribution >= 0.6 is 11.6 Å². The molecule has 16 heteroatoms. The highest BCUT2D eigenvalue weighted by Crippen LogP contribution is 2.33. The van der Waals surface area contributed by atoms with E-state index in [2.05, 4.69) is 4.74 Å². The molecule has 1 atom stereocenters. The SMILES string of the molecule is COC(=O)CC(CC(=O)Nc1cc(-n2c(=O)cc(C(F)(F)F)n(C)c2=O)c(F)cc1Cl)C(F)(F)F. The largest absolute Gasteiger partial charge is 0.469 e. The second-order valence-electron chi connectivity index (χ2n) is 7.10. The maximum atomic E-state index is 14.5. The van der Waals surface area contributed by atoms with Gasteiger partial charge in [0.1, 0.15) is 11.5 Å². The fourth-order valence-electron chi connectivity index (χ4n) is 2.94. The number of nitrogens with zero attached hydrogens (tertiary/aromatic N) is 2. The minimum Gasteiger partial charge on any atom is -0.469 e. The van der Waals surface area contributed by atoms with Crippen LogP contribution in [-0.4, -0.2) is 34.3 Å². The Morgan fingerprint density at radius 3 is 2.20 bits per heavy atom. The van der Waals surface area contributed by atoms with Gasteiger partial charge in [0.2, 0.25) is 5.91 Å². The lowest BCUT2D eigenvalue weighted by Gasteiger charge is -2.19. The van der Waals surface area contributed by atoms with Crippen LogP contribution in [0.25, 0.3) is 5.69 Å². The quantitative estimate of drug-likeness (QED) is 0.453. The van der Waals surface area contributed by atoms with E-state index in [0.717, 1.165) is 7.11 Å². The molecule has 1 aromatic heterocycles. The van der Waals surface area contributed by atoms with Crippen LogP contribution in [0.1, 0.15) is 18.5 Å². The molecule has 0 spiro atoms. The minimum atomic E-state index is -5.08. The van der Waals surface area contributed by atoms with Gasteiger partial charge in [-0.15, -0.1) is 0 Å². The molecule has 0 radical (unpaired) electrons. The predicted octanol–water partition coefficient (Wildman–Crippen LogP) is 3.42. The van der Waals surface area contributed by atoms with Gasteiger partial charge in [-0.2, -0.15) is 26.3 Å². The average molecular weight is 534 g/mol. The number of anilines is 1. The van der Waals surface area contributed by atoms with Crippen molar-refractivity contribution >= 4 is 29.2 Å². The van der Waals surface area contributed by atoms with Gasteiger partial charge < -0.3 is 10.1 Å². The average Bonchev–Trinajstić information content (AvgIpc) is 2.71. The Kier molecular flexibility index (Phi) is 8.04. The number of rotatable bonds is 6. The van der Waals surface area contributed by atoms with Crippen LogP contribution in [0, 0.1) is 11.7 Å². The molecule has 0 aliphatic rings. The Morgan fingerprint density at radius 1 is 1.09 bits per heavy atom. The van der Waals surface area contributed by atoms with Gasteiger partial charge in [-0.3, -0.25) is 19.0 Å². The number of carbonyl (C=O) groups is 2.